The molecule has 2 heterocycles. The number of carbonyl (C=O) groups excluding carboxylic acids is 2. The normalized spacial score (nSPS) is 35.4. The van der Waals surface area contributed by atoms with Crippen LogP contribution in [0.4, 0.5) is 0 Å². The summed E-state index contributed by atoms with van der Waals surface area (Å²) in [5.74, 6) is 1.09. The van der Waals surface area contributed by atoms with Gasteiger partial charge in [-0.1, -0.05) is 12.2 Å². The van der Waals surface area contributed by atoms with Crippen molar-refractivity contribution in [1.29, 1.82) is 0 Å². The van der Waals surface area contributed by atoms with Crippen LogP contribution in [-0.2, 0) is 9.59 Å². The Bertz CT molecular complexity index is 851. The van der Waals surface area contributed by atoms with E-state index in [4.69, 9.17) is 9.47 Å². The zero-order valence-electron chi connectivity index (χ0n) is 13.4. The Labute approximate surface area is 144 Å². The first-order chi connectivity index (χ1) is 12.2. The van der Waals surface area contributed by atoms with E-state index in [1.165, 1.54) is 0 Å². The van der Waals surface area contributed by atoms with Crippen LogP contribution in [0.1, 0.15) is 18.4 Å². The van der Waals surface area contributed by atoms with Gasteiger partial charge < -0.3 is 9.47 Å². The zero-order chi connectivity index (χ0) is 16.8. The Morgan fingerprint density at radius 1 is 1.04 bits per heavy atom. The van der Waals surface area contributed by atoms with Gasteiger partial charge in [0.2, 0.25) is 6.79 Å². The van der Waals surface area contributed by atoms with Gasteiger partial charge in [0.15, 0.2) is 11.5 Å². The van der Waals surface area contributed by atoms with E-state index in [-0.39, 0.29) is 47.7 Å². The summed E-state index contributed by atoms with van der Waals surface area (Å²) in [4.78, 5) is 25.6. The Morgan fingerprint density at radius 3 is 2.40 bits per heavy atom. The molecule has 0 N–H and O–H groups in total. The lowest BCUT2D eigenvalue weighted by atomic mass is 9.85. The van der Waals surface area contributed by atoms with Crippen molar-refractivity contribution in [3.05, 3.63) is 35.9 Å². The smallest absolute Gasteiger partial charge is 0.254 e. The molecule has 0 radical (unpaired) electrons. The second-order valence-corrected chi connectivity index (χ2v) is 7.57. The number of amides is 2. The van der Waals surface area contributed by atoms with Gasteiger partial charge in [-0.05, 0) is 53.9 Å². The first kappa shape index (κ1) is 13.6. The second kappa shape index (κ2) is 4.31. The summed E-state index contributed by atoms with van der Waals surface area (Å²) in [7, 11) is 0. The fourth-order valence-electron chi connectivity index (χ4n) is 5.29. The monoisotopic (exact) mass is 336 g/mol. The molecule has 3 aliphatic carbocycles. The van der Waals surface area contributed by atoms with E-state index in [0.717, 1.165) is 23.4 Å². The maximum Gasteiger partial charge on any atom is 0.254 e. The van der Waals surface area contributed by atoms with E-state index in [1.807, 2.05) is 6.07 Å². The van der Waals surface area contributed by atoms with Crippen LogP contribution < -0.4 is 9.47 Å². The minimum Gasteiger partial charge on any atom is -0.454 e. The number of allylic oxidation sites excluding steroid dienone is 2. The van der Waals surface area contributed by atoms with E-state index in [1.54, 1.807) is 18.3 Å². The van der Waals surface area contributed by atoms with Crippen molar-refractivity contribution in [2.45, 2.75) is 12.8 Å². The third kappa shape index (κ3) is 1.57. The molecule has 0 aromatic heterocycles. The Hall–Kier alpha value is -2.63. The van der Waals surface area contributed by atoms with E-state index < -0.39 is 0 Å². The number of carbonyl (C=O) groups is 2. The van der Waals surface area contributed by atoms with Crippen molar-refractivity contribution in [1.82, 2.24) is 5.01 Å². The minimum absolute atomic E-state index is 0.143. The van der Waals surface area contributed by atoms with Gasteiger partial charge in [-0.25, -0.2) is 0 Å². The minimum atomic E-state index is -0.209. The van der Waals surface area contributed by atoms with Gasteiger partial charge in [0.25, 0.3) is 11.8 Å². The molecular formula is C19H16N2O4. The molecule has 2 aliphatic heterocycles. The summed E-state index contributed by atoms with van der Waals surface area (Å²) in [5, 5.41) is 5.30. The Morgan fingerprint density at radius 2 is 1.72 bits per heavy atom. The Kier molecular flexibility index (Phi) is 2.35. The third-order valence-corrected chi connectivity index (χ3v) is 6.55. The summed E-state index contributed by atoms with van der Waals surface area (Å²) >= 11 is 0. The summed E-state index contributed by atoms with van der Waals surface area (Å²) in [6, 6.07) is 5.42. The number of hydrogen-bond acceptors (Lipinski definition) is 5. The van der Waals surface area contributed by atoms with Crippen LogP contribution in [-0.4, -0.2) is 29.8 Å². The van der Waals surface area contributed by atoms with Crippen LogP contribution in [0.25, 0.3) is 0 Å². The number of imide groups is 1. The highest BCUT2D eigenvalue weighted by Gasteiger charge is 2.73. The number of rotatable bonds is 2. The molecule has 6 nitrogen and oxygen atoms in total. The molecule has 1 aromatic rings. The van der Waals surface area contributed by atoms with Crippen LogP contribution in [0.2, 0.25) is 0 Å². The molecule has 2 bridgehead atoms. The largest absolute Gasteiger partial charge is 0.454 e. The molecule has 2 amide bonds. The van der Waals surface area contributed by atoms with Gasteiger partial charge in [0, 0.05) is 0 Å². The molecule has 126 valence electrons. The molecular weight excluding hydrogens is 320 g/mol. The molecule has 5 aliphatic rings. The molecule has 2 saturated carbocycles. The van der Waals surface area contributed by atoms with E-state index in [2.05, 4.69) is 17.3 Å². The lowest BCUT2D eigenvalue weighted by molar-refractivity contribution is -0.141. The molecule has 4 atom stereocenters. The molecule has 6 heteroatoms. The van der Waals surface area contributed by atoms with Crippen LogP contribution in [0.15, 0.2) is 35.5 Å². The van der Waals surface area contributed by atoms with E-state index in [9.17, 15) is 9.59 Å². The summed E-state index contributed by atoms with van der Waals surface area (Å²) in [6.07, 6.45) is 8.15. The highest BCUT2D eigenvalue weighted by atomic mass is 16.7. The number of ether oxygens (including phenoxy) is 2. The predicted octanol–water partition coefficient (Wildman–Crippen LogP) is 1.95. The molecule has 6 rings (SSSR count). The zero-order valence-corrected chi connectivity index (χ0v) is 13.4. The van der Waals surface area contributed by atoms with Gasteiger partial charge in [0.05, 0.1) is 18.1 Å². The summed E-state index contributed by atoms with van der Waals surface area (Å²) in [5.41, 5.74) is 0.981. The van der Waals surface area contributed by atoms with Crippen molar-refractivity contribution < 1.29 is 19.1 Å². The second-order valence-electron chi connectivity index (χ2n) is 7.57. The van der Waals surface area contributed by atoms with Crippen molar-refractivity contribution in [2.75, 3.05) is 6.79 Å². The average molecular weight is 336 g/mol. The molecule has 1 saturated heterocycles. The van der Waals surface area contributed by atoms with E-state index >= 15 is 0 Å². The van der Waals surface area contributed by atoms with Crippen LogP contribution in [0, 0.1) is 29.1 Å². The maximum absolute atomic E-state index is 12.8. The SMILES string of the molecule is O=C1[C@@H]2[C@@H](C(=O)N1N=Cc1ccc3c(c1)OCO3)[C@H]1C=C[C@H]2C12CC2. The van der Waals surface area contributed by atoms with Crippen LogP contribution >= 0.6 is 0 Å². The topological polar surface area (TPSA) is 68.2 Å². The van der Waals surface area contributed by atoms with Crippen molar-refractivity contribution >= 4 is 18.0 Å². The molecule has 25 heavy (non-hydrogen) atoms. The number of hydrazone groups is 1. The highest BCUT2D eigenvalue weighted by molar-refractivity contribution is 6.07. The molecule has 0 unspecified atom stereocenters. The predicted molar refractivity (Wildman–Crippen MR) is 86.8 cm³/mol. The van der Waals surface area contributed by atoms with Crippen molar-refractivity contribution in [3.63, 3.8) is 0 Å². The lowest BCUT2D eigenvalue weighted by Crippen LogP contribution is -2.30. The quantitative estimate of drug-likeness (QED) is 0.470. The van der Waals surface area contributed by atoms with Gasteiger partial charge >= 0.3 is 0 Å². The lowest BCUT2D eigenvalue weighted by Gasteiger charge is -2.18. The van der Waals surface area contributed by atoms with Crippen LogP contribution in [0.5, 0.6) is 11.5 Å². The number of hydrogen-bond donors (Lipinski definition) is 0. The first-order valence-corrected chi connectivity index (χ1v) is 8.69. The van der Waals surface area contributed by atoms with Gasteiger partial charge in [-0.3, -0.25) is 9.59 Å². The van der Waals surface area contributed by atoms with Gasteiger partial charge in [-0.15, -0.1) is 0 Å². The average Bonchev–Trinajstić information content (AvgIpc) is 2.90. The Balaban J connectivity index is 1.29. The standard InChI is InChI=1S/C19H16N2O4/c22-17-15-11-2-3-12(19(11)5-6-19)16(15)18(23)21(17)20-8-10-1-4-13-14(7-10)25-9-24-13/h1-4,7-8,11-12,15-16H,5-6,9H2/t11-,12-,15+,16+/m1/s1. The fraction of sp³-hybridized carbons (Fsp3) is 0.421. The molecule has 3 fully saturated rings. The first-order valence-electron chi connectivity index (χ1n) is 8.69. The van der Waals surface area contributed by atoms with Crippen LogP contribution in [0.3, 0.4) is 0 Å². The highest BCUT2D eigenvalue weighted by Crippen LogP contribution is 2.73. The third-order valence-electron chi connectivity index (χ3n) is 6.55. The van der Waals surface area contributed by atoms with Crippen molar-refractivity contribution in [2.24, 2.45) is 34.2 Å². The molecule has 1 aromatic carbocycles. The number of fused-ring (bicyclic) bond motifs is 4. The number of nitrogens with zero attached hydrogens (tertiary/aromatic N) is 2. The van der Waals surface area contributed by atoms with Crippen molar-refractivity contribution in [3.8, 4) is 11.5 Å². The van der Waals surface area contributed by atoms with Gasteiger partial charge in [0.1, 0.15) is 0 Å². The van der Waals surface area contributed by atoms with E-state index in [0.29, 0.717) is 11.5 Å². The summed E-state index contributed by atoms with van der Waals surface area (Å²) < 4.78 is 10.6. The van der Waals surface area contributed by atoms with Gasteiger partial charge in [-0.2, -0.15) is 10.1 Å². The molecule has 1 spiro atoms. The fourth-order valence-corrected chi connectivity index (χ4v) is 5.29. The number of benzene rings is 1. The summed E-state index contributed by atoms with van der Waals surface area (Å²) in [6.45, 7) is 0.208. The maximum atomic E-state index is 12.8.